The molecular formula is C12H22O2. The lowest BCUT2D eigenvalue weighted by atomic mass is 9.86. The molecule has 0 atom stereocenters. The molecule has 0 aliphatic heterocycles. The van der Waals surface area contributed by atoms with E-state index in [4.69, 9.17) is 4.74 Å². The highest BCUT2D eigenvalue weighted by molar-refractivity contribution is 5.79. The molecule has 0 spiro atoms. The van der Waals surface area contributed by atoms with E-state index in [1.54, 1.807) is 0 Å². The van der Waals surface area contributed by atoms with E-state index in [1.165, 1.54) is 32.1 Å². The Morgan fingerprint density at radius 3 is 2.64 bits per heavy atom. The van der Waals surface area contributed by atoms with Gasteiger partial charge in [-0.2, -0.15) is 0 Å². The maximum atomic E-state index is 11.5. The van der Waals surface area contributed by atoms with E-state index >= 15 is 0 Å². The van der Waals surface area contributed by atoms with Crippen molar-refractivity contribution in [3.63, 3.8) is 0 Å². The van der Waals surface area contributed by atoms with Gasteiger partial charge < -0.3 is 4.74 Å². The molecule has 0 aromatic rings. The molecule has 0 bridgehead atoms. The molecule has 1 aliphatic carbocycles. The Kier molecular flexibility index (Phi) is 5.85. The molecule has 2 nitrogen and oxygen atoms in total. The fourth-order valence-corrected chi connectivity index (χ4v) is 2.10. The first-order valence-electron chi connectivity index (χ1n) is 5.92. The molecule has 1 fully saturated rings. The lowest BCUT2D eigenvalue weighted by Crippen LogP contribution is -2.16. The zero-order chi connectivity index (χ0) is 10.2. The van der Waals surface area contributed by atoms with Gasteiger partial charge in [-0.1, -0.05) is 39.0 Å². The van der Waals surface area contributed by atoms with Crippen molar-refractivity contribution in [3.05, 3.63) is 0 Å². The standard InChI is InChI=1S/C12H22O2/c1-2-8-14-10-12(13)9-11-6-4-3-5-7-11/h11H,2-10H2,1H3. The van der Waals surface area contributed by atoms with Gasteiger partial charge in [0.2, 0.25) is 0 Å². The van der Waals surface area contributed by atoms with Crippen LogP contribution in [0.15, 0.2) is 0 Å². The molecule has 1 saturated carbocycles. The summed E-state index contributed by atoms with van der Waals surface area (Å²) in [5, 5.41) is 0. The monoisotopic (exact) mass is 198 g/mol. The summed E-state index contributed by atoms with van der Waals surface area (Å²) in [5.41, 5.74) is 0. The summed E-state index contributed by atoms with van der Waals surface area (Å²) in [6.45, 7) is 3.12. The lowest BCUT2D eigenvalue weighted by Gasteiger charge is -2.20. The summed E-state index contributed by atoms with van der Waals surface area (Å²) >= 11 is 0. The third-order valence-corrected chi connectivity index (χ3v) is 2.85. The first-order valence-corrected chi connectivity index (χ1v) is 5.92. The quantitative estimate of drug-likeness (QED) is 0.613. The van der Waals surface area contributed by atoms with Gasteiger partial charge in [0.15, 0.2) is 5.78 Å². The minimum absolute atomic E-state index is 0.297. The number of Topliss-reactive ketones (excluding diaryl/α,β-unsaturated/α-hetero) is 1. The SMILES string of the molecule is CCCOCC(=O)CC1CCCCC1. The number of hydrogen-bond acceptors (Lipinski definition) is 2. The molecule has 14 heavy (non-hydrogen) atoms. The highest BCUT2D eigenvalue weighted by Gasteiger charge is 2.16. The number of carbonyl (C=O) groups is 1. The van der Waals surface area contributed by atoms with Gasteiger partial charge in [0.05, 0.1) is 0 Å². The summed E-state index contributed by atoms with van der Waals surface area (Å²) in [5.74, 6) is 0.951. The minimum atomic E-state index is 0.297. The Hall–Kier alpha value is -0.370. The predicted molar refractivity (Wildman–Crippen MR) is 57.3 cm³/mol. The molecule has 0 heterocycles. The molecule has 0 N–H and O–H groups in total. The highest BCUT2D eigenvalue weighted by atomic mass is 16.5. The van der Waals surface area contributed by atoms with E-state index in [0.29, 0.717) is 18.3 Å². The normalized spacial score (nSPS) is 18.4. The number of hydrogen-bond donors (Lipinski definition) is 0. The van der Waals surface area contributed by atoms with Crippen LogP contribution in [0.2, 0.25) is 0 Å². The van der Waals surface area contributed by atoms with Crippen molar-refractivity contribution >= 4 is 5.78 Å². The molecule has 1 rings (SSSR count). The van der Waals surface area contributed by atoms with Crippen LogP contribution in [0.1, 0.15) is 51.9 Å². The first kappa shape index (κ1) is 11.7. The number of carbonyl (C=O) groups excluding carboxylic acids is 1. The average Bonchev–Trinajstić information content (AvgIpc) is 2.20. The Balaban J connectivity index is 2.06. The van der Waals surface area contributed by atoms with Crippen molar-refractivity contribution in [1.29, 1.82) is 0 Å². The molecule has 0 aromatic carbocycles. The van der Waals surface area contributed by atoms with Crippen LogP contribution in [-0.2, 0) is 9.53 Å². The lowest BCUT2D eigenvalue weighted by molar-refractivity contribution is -0.124. The number of ether oxygens (including phenoxy) is 1. The summed E-state index contributed by atoms with van der Waals surface area (Å²) < 4.78 is 5.24. The molecule has 0 aromatic heterocycles. The highest BCUT2D eigenvalue weighted by Crippen LogP contribution is 2.26. The van der Waals surface area contributed by atoms with Gasteiger partial charge in [0.1, 0.15) is 6.61 Å². The van der Waals surface area contributed by atoms with Crippen LogP contribution in [0.5, 0.6) is 0 Å². The summed E-state index contributed by atoms with van der Waals surface area (Å²) in [4.78, 5) is 11.5. The van der Waals surface area contributed by atoms with E-state index in [9.17, 15) is 4.79 Å². The fraction of sp³-hybridized carbons (Fsp3) is 0.917. The van der Waals surface area contributed by atoms with Gasteiger partial charge in [-0.3, -0.25) is 4.79 Å². The summed E-state index contributed by atoms with van der Waals surface area (Å²) in [6, 6.07) is 0. The van der Waals surface area contributed by atoms with E-state index in [0.717, 1.165) is 19.4 Å². The van der Waals surface area contributed by atoms with Crippen molar-refractivity contribution in [2.75, 3.05) is 13.2 Å². The van der Waals surface area contributed by atoms with E-state index in [2.05, 4.69) is 6.92 Å². The van der Waals surface area contributed by atoms with Gasteiger partial charge in [-0.25, -0.2) is 0 Å². The average molecular weight is 198 g/mol. The maximum Gasteiger partial charge on any atom is 0.158 e. The third kappa shape index (κ3) is 4.75. The molecule has 0 unspecified atom stereocenters. The zero-order valence-corrected chi connectivity index (χ0v) is 9.26. The molecule has 0 amide bonds. The van der Waals surface area contributed by atoms with Gasteiger partial charge in [0.25, 0.3) is 0 Å². The van der Waals surface area contributed by atoms with E-state index in [1.807, 2.05) is 0 Å². The van der Waals surface area contributed by atoms with Crippen LogP contribution in [0.3, 0.4) is 0 Å². The molecule has 2 heteroatoms. The number of rotatable bonds is 6. The van der Waals surface area contributed by atoms with Crippen molar-refractivity contribution in [2.24, 2.45) is 5.92 Å². The van der Waals surface area contributed by atoms with E-state index in [-0.39, 0.29) is 0 Å². The first-order chi connectivity index (χ1) is 6.83. The van der Waals surface area contributed by atoms with Crippen LogP contribution in [0, 0.1) is 5.92 Å². The van der Waals surface area contributed by atoms with E-state index < -0.39 is 0 Å². The second-order valence-electron chi connectivity index (χ2n) is 4.30. The maximum absolute atomic E-state index is 11.5. The fourth-order valence-electron chi connectivity index (χ4n) is 2.10. The van der Waals surface area contributed by atoms with Gasteiger partial charge in [-0.15, -0.1) is 0 Å². The van der Waals surface area contributed by atoms with Crippen molar-refractivity contribution in [1.82, 2.24) is 0 Å². The Bertz CT molecular complexity index is 160. The van der Waals surface area contributed by atoms with Crippen molar-refractivity contribution < 1.29 is 9.53 Å². The van der Waals surface area contributed by atoms with Crippen LogP contribution in [0.4, 0.5) is 0 Å². The Morgan fingerprint density at radius 2 is 2.00 bits per heavy atom. The minimum Gasteiger partial charge on any atom is -0.374 e. The number of ketones is 1. The predicted octanol–water partition coefficient (Wildman–Crippen LogP) is 2.95. The largest absolute Gasteiger partial charge is 0.374 e. The smallest absolute Gasteiger partial charge is 0.158 e. The Morgan fingerprint density at radius 1 is 1.29 bits per heavy atom. The van der Waals surface area contributed by atoms with Gasteiger partial charge in [0, 0.05) is 13.0 Å². The third-order valence-electron chi connectivity index (χ3n) is 2.85. The van der Waals surface area contributed by atoms with Gasteiger partial charge >= 0.3 is 0 Å². The molecule has 82 valence electrons. The topological polar surface area (TPSA) is 26.3 Å². The van der Waals surface area contributed by atoms with Crippen LogP contribution in [-0.4, -0.2) is 19.0 Å². The van der Waals surface area contributed by atoms with Gasteiger partial charge in [-0.05, 0) is 12.3 Å². The second kappa shape index (κ2) is 6.99. The molecule has 0 saturated heterocycles. The van der Waals surface area contributed by atoms with Crippen molar-refractivity contribution in [3.8, 4) is 0 Å². The van der Waals surface area contributed by atoms with Crippen molar-refractivity contribution in [2.45, 2.75) is 51.9 Å². The van der Waals surface area contributed by atoms with Crippen LogP contribution < -0.4 is 0 Å². The zero-order valence-electron chi connectivity index (χ0n) is 9.26. The molecule has 0 radical (unpaired) electrons. The van der Waals surface area contributed by atoms with Crippen LogP contribution >= 0.6 is 0 Å². The molecule has 1 aliphatic rings. The summed E-state index contributed by atoms with van der Waals surface area (Å²) in [7, 11) is 0. The Labute approximate surface area is 87.0 Å². The van der Waals surface area contributed by atoms with Crippen LogP contribution in [0.25, 0.3) is 0 Å². The molecular weight excluding hydrogens is 176 g/mol. The summed E-state index contributed by atoms with van der Waals surface area (Å²) in [6.07, 6.45) is 8.23. The second-order valence-corrected chi connectivity index (χ2v) is 4.30.